The molecule has 1 fully saturated rings. The number of halogens is 2. The zero-order valence-corrected chi connectivity index (χ0v) is 23.2. The number of aromatic nitrogens is 2. The predicted octanol–water partition coefficient (Wildman–Crippen LogP) is 3.30. The number of anilines is 1. The number of nitrogens with zero attached hydrogens (tertiary/aromatic N) is 2. The summed E-state index contributed by atoms with van der Waals surface area (Å²) in [6.07, 6.45) is 2.44. The topological polar surface area (TPSA) is 154 Å². The van der Waals surface area contributed by atoms with Crippen LogP contribution in [0.4, 0.5) is 10.2 Å². The average molecular weight is 597 g/mol. The van der Waals surface area contributed by atoms with Crippen molar-refractivity contribution in [1.82, 2.24) is 9.97 Å². The minimum absolute atomic E-state index is 0.0149. The third-order valence-corrected chi connectivity index (χ3v) is 8.83. The molecule has 2 aromatic heterocycles. The summed E-state index contributed by atoms with van der Waals surface area (Å²) in [7, 11) is -4.12. The summed E-state index contributed by atoms with van der Waals surface area (Å²) in [5.41, 5.74) is 2.12. The molecule has 3 aromatic rings. The van der Waals surface area contributed by atoms with Crippen LogP contribution in [-0.4, -0.2) is 54.6 Å². The molecule has 0 unspecified atom stereocenters. The predicted molar refractivity (Wildman–Crippen MR) is 143 cm³/mol. The molecule has 1 aliphatic carbocycles. The lowest BCUT2D eigenvalue weighted by molar-refractivity contribution is 0.0668. The molecule has 1 aromatic carbocycles. The van der Waals surface area contributed by atoms with Gasteiger partial charge in [0.2, 0.25) is 5.78 Å². The van der Waals surface area contributed by atoms with E-state index in [1.165, 1.54) is 29.9 Å². The van der Waals surface area contributed by atoms with Gasteiger partial charge in [-0.25, -0.2) is 19.5 Å². The molecule has 3 heterocycles. The van der Waals surface area contributed by atoms with E-state index in [0.717, 1.165) is 10.4 Å². The molecular formula is C25H26ClFN4O6S2. The fourth-order valence-corrected chi connectivity index (χ4v) is 6.64. The number of carbonyl (C=O) groups is 1. The Balaban J connectivity index is 1.37. The van der Waals surface area contributed by atoms with Gasteiger partial charge in [-0.1, -0.05) is 17.7 Å². The van der Waals surface area contributed by atoms with Gasteiger partial charge in [0.15, 0.2) is 0 Å². The summed E-state index contributed by atoms with van der Waals surface area (Å²) in [6, 6.07) is 4.75. The Bertz CT molecular complexity index is 1520. The second-order valence-electron chi connectivity index (χ2n) is 9.59. The van der Waals surface area contributed by atoms with Gasteiger partial charge in [-0.05, 0) is 49.4 Å². The molecule has 0 saturated heterocycles. The van der Waals surface area contributed by atoms with Crippen LogP contribution in [-0.2, 0) is 25.6 Å². The number of aliphatic hydroxyl groups is 1. The number of aryl methyl sites for hydroxylation is 1. The molecule has 0 radical (unpaired) electrons. The number of carbonyl (C=O) groups excluding carboxylic acids is 1. The number of thiophene rings is 1. The molecule has 5 rings (SSSR count). The Labute approximate surface area is 233 Å². The molecule has 4 N–H and O–H groups in total. The molecule has 14 heteroatoms. The van der Waals surface area contributed by atoms with Gasteiger partial charge in [0.05, 0.1) is 34.8 Å². The van der Waals surface area contributed by atoms with E-state index in [2.05, 4.69) is 19.5 Å². The summed E-state index contributed by atoms with van der Waals surface area (Å²) in [4.78, 5) is 23.1. The van der Waals surface area contributed by atoms with Crippen LogP contribution < -0.4 is 10.5 Å². The van der Waals surface area contributed by atoms with E-state index in [0.29, 0.717) is 41.9 Å². The Hall–Kier alpha value is -2.52. The van der Waals surface area contributed by atoms with Crippen molar-refractivity contribution < 1.29 is 31.6 Å². The number of ketones is 1. The lowest BCUT2D eigenvalue weighted by Gasteiger charge is -2.27. The number of fused-ring (bicyclic) bond motifs is 1. The molecular weight excluding hydrogens is 571 g/mol. The Morgan fingerprint density at radius 2 is 2.18 bits per heavy atom. The summed E-state index contributed by atoms with van der Waals surface area (Å²) in [6.45, 7) is 2.01. The van der Waals surface area contributed by atoms with Crippen molar-refractivity contribution >= 4 is 44.8 Å². The van der Waals surface area contributed by atoms with Crippen molar-refractivity contribution in [3.63, 3.8) is 0 Å². The second-order valence-corrected chi connectivity index (χ2v) is 12.5. The lowest BCUT2D eigenvalue weighted by atomic mass is 9.92. The van der Waals surface area contributed by atoms with Gasteiger partial charge in [0, 0.05) is 28.6 Å². The first-order valence-corrected chi connectivity index (χ1v) is 14.8. The Kier molecular flexibility index (Phi) is 8.02. The van der Waals surface area contributed by atoms with Crippen LogP contribution in [0.1, 0.15) is 55.7 Å². The van der Waals surface area contributed by atoms with Crippen molar-refractivity contribution in [2.24, 2.45) is 11.1 Å². The van der Waals surface area contributed by atoms with E-state index >= 15 is 4.39 Å². The SMILES string of the molecule is Cc1sc(C(=O)c2cncnc2N[C@@H]2C[C@H](COS(N)(=O)=O)[C@@H](O)C2)cc1[C@@H]1OCCc2ccc(Cl)c(F)c21. The summed E-state index contributed by atoms with van der Waals surface area (Å²) in [5, 5.41) is 18.4. The fourth-order valence-electron chi connectivity index (χ4n) is 5.11. The molecule has 4 atom stereocenters. The third kappa shape index (κ3) is 5.99. The van der Waals surface area contributed by atoms with E-state index in [1.807, 2.05) is 6.92 Å². The highest BCUT2D eigenvalue weighted by molar-refractivity contribution is 7.84. The van der Waals surface area contributed by atoms with Gasteiger partial charge in [-0.2, -0.15) is 8.42 Å². The van der Waals surface area contributed by atoms with Gasteiger partial charge in [0.1, 0.15) is 24.1 Å². The third-order valence-electron chi connectivity index (χ3n) is 7.01. The zero-order chi connectivity index (χ0) is 27.9. The van der Waals surface area contributed by atoms with Crippen molar-refractivity contribution in [3.05, 3.63) is 73.6 Å². The standard InChI is InChI=1S/C25H26ClFN4O6S2/c1-12-16(24-21-13(4-5-36-24)2-3-18(26)22(21)27)8-20(38-12)23(33)17-9-29-11-30-25(17)31-15-6-14(19(32)7-15)10-37-39(28,34)35/h2-3,8-9,11,14-15,19,24,32H,4-7,10H2,1H3,(H2,28,34,35)(H,29,30,31)/t14-,15-,19+,24+/m1/s1. The highest BCUT2D eigenvalue weighted by atomic mass is 35.5. The van der Waals surface area contributed by atoms with E-state index < -0.39 is 34.2 Å². The largest absolute Gasteiger partial charge is 0.393 e. The van der Waals surface area contributed by atoms with Gasteiger partial charge < -0.3 is 15.2 Å². The maximum Gasteiger partial charge on any atom is 0.333 e. The van der Waals surface area contributed by atoms with Gasteiger partial charge in [0.25, 0.3) is 0 Å². The number of aliphatic hydroxyl groups excluding tert-OH is 1. The first kappa shape index (κ1) is 28.0. The maximum absolute atomic E-state index is 15.0. The number of nitrogens with one attached hydrogen (secondary N) is 1. The van der Waals surface area contributed by atoms with E-state index in [9.17, 15) is 18.3 Å². The van der Waals surface area contributed by atoms with Gasteiger partial charge in [-0.15, -0.1) is 11.3 Å². The van der Waals surface area contributed by atoms with Crippen LogP contribution in [0.15, 0.2) is 30.7 Å². The monoisotopic (exact) mass is 596 g/mol. The number of rotatable bonds is 8. The van der Waals surface area contributed by atoms with Crippen LogP contribution in [0.2, 0.25) is 5.02 Å². The van der Waals surface area contributed by atoms with E-state index in [1.54, 1.807) is 12.1 Å². The zero-order valence-electron chi connectivity index (χ0n) is 20.8. The summed E-state index contributed by atoms with van der Waals surface area (Å²) >= 11 is 7.32. The first-order chi connectivity index (χ1) is 18.5. The average Bonchev–Trinajstić information content (AvgIpc) is 3.45. The summed E-state index contributed by atoms with van der Waals surface area (Å²) in [5.74, 6) is -1.03. The highest BCUT2D eigenvalue weighted by Crippen LogP contribution is 2.41. The van der Waals surface area contributed by atoms with Crippen LogP contribution in [0.3, 0.4) is 0 Å². The second kappa shape index (κ2) is 11.2. The van der Waals surface area contributed by atoms with Crippen molar-refractivity contribution in [1.29, 1.82) is 0 Å². The molecule has 39 heavy (non-hydrogen) atoms. The van der Waals surface area contributed by atoms with Crippen LogP contribution in [0.25, 0.3) is 0 Å². The van der Waals surface area contributed by atoms with Crippen molar-refractivity contribution in [2.45, 2.75) is 44.4 Å². The molecule has 0 spiro atoms. The van der Waals surface area contributed by atoms with Crippen molar-refractivity contribution in [3.8, 4) is 0 Å². The Morgan fingerprint density at radius 1 is 1.38 bits per heavy atom. The molecule has 10 nitrogen and oxygen atoms in total. The van der Waals surface area contributed by atoms with E-state index in [-0.39, 0.29) is 34.8 Å². The molecule has 0 bridgehead atoms. The number of hydrogen-bond acceptors (Lipinski definition) is 10. The number of ether oxygens (including phenoxy) is 1. The normalized spacial score (nSPS) is 23.0. The maximum atomic E-state index is 15.0. The van der Waals surface area contributed by atoms with Crippen LogP contribution in [0, 0.1) is 18.7 Å². The number of benzene rings is 1. The molecule has 0 amide bonds. The van der Waals surface area contributed by atoms with Crippen LogP contribution in [0.5, 0.6) is 0 Å². The van der Waals surface area contributed by atoms with Crippen molar-refractivity contribution in [2.75, 3.05) is 18.5 Å². The molecule has 2 aliphatic rings. The lowest BCUT2D eigenvalue weighted by Crippen LogP contribution is -2.24. The first-order valence-electron chi connectivity index (χ1n) is 12.2. The smallest absolute Gasteiger partial charge is 0.333 e. The number of hydrogen-bond donors (Lipinski definition) is 3. The van der Waals surface area contributed by atoms with Gasteiger partial charge in [-0.3, -0.25) is 8.98 Å². The van der Waals surface area contributed by atoms with Crippen LogP contribution >= 0.6 is 22.9 Å². The molecule has 1 saturated carbocycles. The quantitative estimate of drug-likeness (QED) is 0.332. The highest BCUT2D eigenvalue weighted by Gasteiger charge is 2.35. The Morgan fingerprint density at radius 3 is 2.95 bits per heavy atom. The fraction of sp³-hybridized carbons (Fsp3) is 0.400. The molecule has 1 aliphatic heterocycles. The number of nitrogens with two attached hydrogens (primary N) is 1. The van der Waals surface area contributed by atoms with Gasteiger partial charge >= 0.3 is 10.3 Å². The minimum Gasteiger partial charge on any atom is -0.393 e. The minimum atomic E-state index is -4.12. The van der Waals surface area contributed by atoms with E-state index in [4.69, 9.17) is 21.5 Å². The summed E-state index contributed by atoms with van der Waals surface area (Å²) < 4.78 is 47.9. The molecule has 208 valence electrons.